The number of thiophene rings is 1. The fourth-order valence-electron chi connectivity index (χ4n) is 2.86. The van der Waals surface area contributed by atoms with Crippen LogP contribution in [0.25, 0.3) is 0 Å². The second-order valence-corrected chi connectivity index (χ2v) is 7.66. The van der Waals surface area contributed by atoms with E-state index in [9.17, 15) is 4.79 Å². The number of rotatable bonds is 6. The molecule has 0 spiro atoms. The molecule has 0 bridgehead atoms. The van der Waals surface area contributed by atoms with Crippen LogP contribution in [0.2, 0.25) is 0 Å². The van der Waals surface area contributed by atoms with Crippen molar-refractivity contribution in [1.29, 1.82) is 0 Å². The summed E-state index contributed by atoms with van der Waals surface area (Å²) in [5, 5.41) is 13.9. The maximum absolute atomic E-state index is 12.6. The topological polar surface area (TPSA) is 62.2 Å². The van der Waals surface area contributed by atoms with Gasteiger partial charge in [0.1, 0.15) is 5.82 Å². The second kappa shape index (κ2) is 7.95. The lowest BCUT2D eigenvalue weighted by atomic mass is 9.87. The molecule has 2 N–H and O–H groups in total. The van der Waals surface area contributed by atoms with Crippen LogP contribution in [0.3, 0.4) is 0 Å². The third kappa shape index (κ3) is 4.13. The predicted octanol–water partition coefficient (Wildman–Crippen LogP) is 3.43. The van der Waals surface area contributed by atoms with Crippen molar-refractivity contribution in [2.75, 3.05) is 17.7 Å². The number of carbonyl (C=O) groups is 1. The first-order valence-electron chi connectivity index (χ1n) is 7.78. The van der Waals surface area contributed by atoms with Gasteiger partial charge in [-0.1, -0.05) is 0 Å². The third-order valence-electron chi connectivity index (χ3n) is 3.95. The average Bonchev–Trinajstić information content (AvgIpc) is 3.04. The lowest BCUT2D eigenvalue weighted by Crippen LogP contribution is -2.24. The normalized spacial score (nSPS) is 16.8. The molecule has 6 heteroatoms. The van der Waals surface area contributed by atoms with Crippen LogP contribution in [0.4, 0.5) is 5.82 Å². The van der Waals surface area contributed by atoms with E-state index in [1.165, 1.54) is 10.4 Å². The highest BCUT2D eigenvalue weighted by atomic mass is 32.2. The minimum atomic E-state index is -0.0563. The van der Waals surface area contributed by atoms with Gasteiger partial charge in [-0.2, -0.15) is 11.8 Å². The smallest absolute Gasteiger partial charge is 0.233 e. The van der Waals surface area contributed by atoms with Gasteiger partial charge in [0.25, 0.3) is 0 Å². The largest absolute Gasteiger partial charge is 0.396 e. The van der Waals surface area contributed by atoms with Crippen LogP contribution >= 0.6 is 23.1 Å². The summed E-state index contributed by atoms with van der Waals surface area (Å²) < 4.78 is 0. The molecule has 1 aliphatic carbocycles. The Morgan fingerprint density at radius 1 is 1.48 bits per heavy atom. The van der Waals surface area contributed by atoms with E-state index >= 15 is 0 Å². The maximum atomic E-state index is 12.6. The number of amides is 1. The molecule has 2 aromatic heterocycles. The average molecular weight is 348 g/mol. The standard InChI is InChI=1S/C17H20N2O2S2/c20-7-9-22-11-12-4-6-18-16(10-12)19-17(21)14-2-1-3-15-13(14)5-8-23-15/h4-6,8,10,14,20H,1-3,7,9,11H2,(H,18,19,21). The molecular formula is C17H20N2O2S2. The summed E-state index contributed by atoms with van der Waals surface area (Å²) in [6.45, 7) is 0.185. The van der Waals surface area contributed by atoms with Crippen LogP contribution in [-0.4, -0.2) is 28.4 Å². The van der Waals surface area contributed by atoms with Gasteiger partial charge in [0.05, 0.1) is 12.5 Å². The summed E-state index contributed by atoms with van der Waals surface area (Å²) in [4.78, 5) is 18.2. The van der Waals surface area contributed by atoms with E-state index in [1.54, 1.807) is 29.3 Å². The van der Waals surface area contributed by atoms with E-state index in [-0.39, 0.29) is 18.4 Å². The molecule has 2 heterocycles. The van der Waals surface area contributed by atoms with Crippen molar-refractivity contribution < 1.29 is 9.90 Å². The van der Waals surface area contributed by atoms with E-state index in [0.717, 1.165) is 30.6 Å². The monoisotopic (exact) mass is 348 g/mol. The first-order chi connectivity index (χ1) is 11.3. The molecule has 0 saturated heterocycles. The fraction of sp³-hybridized carbons (Fsp3) is 0.412. The molecule has 0 radical (unpaired) electrons. The first kappa shape index (κ1) is 16.5. The highest BCUT2D eigenvalue weighted by molar-refractivity contribution is 7.98. The summed E-state index contributed by atoms with van der Waals surface area (Å²) in [7, 11) is 0. The molecule has 4 nitrogen and oxygen atoms in total. The van der Waals surface area contributed by atoms with Crippen LogP contribution < -0.4 is 5.32 Å². The van der Waals surface area contributed by atoms with E-state index < -0.39 is 0 Å². The van der Waals surface area contributed by atoms with Gasteiger partial charge in [-0.25, -0.2) is 4.98 Å². The summed E-state index contributed by atoms with van der Waals surface area (Å²) in [5.41, 5.74) is 2.29. The van der Waals surface area contributed by atoms with Gasteiger partial charge in [-0.3, -0.25) is 4.79 Å². The molecule has 0 saturated carbocycles. The third-order valence-corrected chi connectivity index (χ3v) is 5.95. The number of aliphatic hydroxyl groups is 1. The van der Waals surface area contributed by atoms with Crippen molar-refractivity contribution >= 4 is 34.8 Å². The number of nitrogens with one attached hydrogen (secondary N) is 1. The maximum Gasteiger partial charge on any atom is 0.233 e. The number of aliphatic hydroxyl groups excluding tert-OH is 1. The second-order valence-electron chi connectivity index (χ2n) is 5.56. The Hall–Kier alpha value is -1.37. The van der Waals surface area contributed by atoms with Gasteiger partial charge < -0.3 is 10.4 Å². The molecule has 1 atom stereocenters. The van der Waals surface area contributed by atoms with Crippen LogP contribution in [-0.2, 0) is 17.0 Å². The highest BCUT2D eigenvalue weighted by Crippen LogP contribution is 2.35. The van der Waals surface area contributed by atoms with E-state index in [1.807, 2.05) is 12.1 Å². The molecule has 2 aromatic rings. The molecule has 122 valence electrons. The van der Waals surface area contributed by atoms with Crippen molar-refractivity contribution in [3.05, 3.63) is 45.8 Å². The Bertz CT molecular complexity index is 672. The summed E-state index contributed by atoms with van der Waals surface area (Å²) in [5.74, 6) is 2.12. The minimum Gasteiger partial charge on any atom is -0.396 e. The van der Waals surface area contributed by atoms with Crippen molar-refractivity contribution in [1.82, 2.24) is 4.98 Å². The number of fused-ring (bicyclic) bond motifs is 1. The molecule has 1 unspecified atom stereocenters. The van der Waals surface area contributed by atoms with Crippen LogP contribution in [0.5, 0.6) is 0 Å². The minimum absolute atomic E-state index is 0.0389. The molecule has 0 aromatic carbocycles. The number of anilines is 1. The Kier molecular flexibility index (Phi) is 5.70. The van der Waals surface area contributed by atoms with Crippen LogP contribution in [0.1, 0.15) is 34.8 Å². The van der Waals surface area contributed by atoms with Gasteiger partial charge in [0, 0.05) is 22.6 Å². The quantitative estimate of drug-likeness (QED) is 0.785. The number of aryl methyl sites for hydroxylation is 1. The van der Waals surface area contributed by atoms with Gasteiger partial charge in [-0.05, 0) is 54.0 Å². The zero-order valence-electron chi connectivity index (χ0n) is 12.8. The zero-order valence-corrected chi connectivity index (χ0v) is 14.5. The number of thioether (sulfide) groups is 1. The van der Waals surface area contributed by atoms with E-state index in [2.05, 4.69) is 21.7 Å². The molecule has 3 rings (SSSR count). The Morgan fingerprint density at radius 2 is 2.39 bits per heavy atom. The molecule has 23 heavy (non-hydrogen) atoms. The van der Waals surface area contributed by atoms with Gasteiger partial charge in [0.15, 0.2) is 0 Å². The van der Waals surface area contributed by atoms with Gasteiger partial charge in [-0.15, -0.1) is 11.3 Å². The highest BCUT2D eigenvalue weighted by Gasteiger charge is 2.27. The summed E-state index contributed by atoms with van der Waals surface area (Å²) >= 11 is 3.41. The number of aromatic nitrogens is 1. The van der Waals surface area contributed by atoms with Crippen molar-refractivity contribution in [3.63, 3.8) is 0 Å². The predicted molar refractivity (Wildman–Crippen MR) is 96.1 cm³/mol. The van der Waals surface area contributed by atoms with E-state index in [4.69, 9.17) is 5.11 Å². The lowest BCUT2D eigenvalue weighted by molar-refractivity contribution is -0.117. The molecular weight excluding hydrogens is 328 g/mol. The summed E-state index contributed by atoms with van der Waals surface area (Å²) in [6.07, 6.45) is 4.78. The Labute approximate surface area is 144 Å². The Morgan fingerprint density at radius 3 is 3.26 bits per heavy atom. The molecule has 0 aliphatic heterocycles. The first-order valence-corrected chi connectivity index (χ1v) is 9.82. The van der Waals surface area contributed by atoms with Crippen molar-refractivity contribution in [3.8, 4) is 0 Å². The van der Waals surface area contributed by atoms with Gasteiger partial charge in [0.2, 0.25) is 5.91 Å². The van der Waals surface area contributed by atoms with Crippen molar-refractivity contribution in [2.45, 2.75) is 30.9 Å². The molecule has 0 fully saturated rings. The summed E-state index contributed by atoms with van der Waals surface area (Å²) in [6, 6.07) is 5.94. The zero-order chi connectivity index (χ0) is 16.1. The number of carbonyl (C=O) groups excluding carboxylic acids is 1. The fourth-order valence-corrected chi connectivity index (χ4v) is 4.54. The number of pyridine rings is 1. The van der Waals surface area contributed by atoms with Gasteiger partial charge >= 0.3 is 0 Å². The number of nitrogens with zero attached hydrogens (tertiary/aromatic N) is 1. The van der Waals surface area contributed by atoms with Crippen LogP contribution in [0, 0.1) is 0 Å². The lowest BCUT2D eigenvalue weighted by Gasteiger charge is -2.21. The SMILES string of the molecule is O=C(Nc1cc(CSCCO)ccn1)C1CCCc2sccc21. The molecule has 1 amide bonds. The van der Waals surface area contributed by atoms with Crippen LogP contribution in [0.15, 0.2) is 29.8 Å². The molecule has 1 aliphatic rings. The van der Waals surface area contributed by atoms with E-state index in [0.29, 0.717) is 11.6 Å². The van der Waals surface area contributed by atoms with Crippen molar-refractivity contribution in [2.24, 2.45) is 0 Å². The number of hydrogen-bond acceptors (Lipinski definition) is 5. The Balaban J connectivity index is 1.66. The number of hydrogen-bond donors (Lipinski definition) is 2.